The summed E-state index contributed by atoms with van der Waals surface area (Å²) in [4.78, 5) is 21.1. The van der Waals surface area contributed by atoms with Crippen LogP contribution in [0.4, 0.5) is 5.82 Å². The quantitative estimate of drug-likeness (QED) is 0.812. The molecule has 1 N–H and O–H groups in total. The van der Waals surface area contributed by atoms with Crippen LogP contribution in [0.15, 0.2) is 29.3 Å². The van der Waals surface area contributed by atoms with Gasteiger partial charge in [0.2, 0.25) is 5.91 Å². The van der Waals surface area contributed by atoms with Crippen molar-refractivity contribution in [1.29, 1.82) is 5.26 Å². The summed E-state index contributed by atoms with van der Waals surface area (Å²) >= 11 is 1.47. The van der Waals surface area contributed by atoms with Crippen LogP contribution in [0.5, 0.6) is 0 Å². The smallest absolute Gasteiger partial charge is 0.226 e. The molecule has 1 atom stereocenters. The molecule has 2 aromatic heterocycles. The zero-order valence-electron chi connectivity index (χ0n) is 15.1. The minimum atomic E-state index is -0.0825. The summed E-state index contributed by atoms with van der Waals surface area (Å²) in [7, 11) is 0. The minimum Gasteiger partial charge on any atom is -0.311 e. The molecule has 6 heteroatoms. The van der Waals surface area contributed by atoms with Crippen molar-refractivity contribution in [3.05, 3.63) is 46.8 Å². The van der Waals surface area contributed by atoms with E-state index < -0.39 is 0 Å². The average Bonchev–Trinajstić information content (AvgIpc) is 2.61. The fourth-order valence-corrected chi connectivity index (χ4v) is 3.99. The van der Waals surface area contributed by atoms with Crippen molar-refractivity contribution in [2.24, 2.45) is 5.92 Å². The molecular weight excluding hydrogens is 344 g/mol. The van der Waals surface area contributed by atoms with Gasteiger partial charge < -0.3 is 5.32 Å². The Bertz CT molecular complexity index is 859. The average molecular weight is 366 g/mol. The molecule has 26 heavy (non-hydrogen) atoms. The second-order valence-electron chi connectivity index (χ2n) is 6.72. The number of anilines is 1. The number of aryl methyl sites for hydroxylation is 2. The Hall–Kier alpha value is -2.39. The number of nitriles is 1. The van der Waals surface area contributed by atoms with Gasteiger partial charge in [0.15, 0.2) is 0 Å². The first-order valence-corrected chi connectivity index (χ1v) is 9.83. The fraction of sp³-hybridized carbons (Fsp3) is 0.400. The van der Waals surface area contributed by atoms with E-state index in [9.17, 15) is 10.1 Å². The van der Waals surface area contributed by atoms with Crippen LogP contribution in [-0.4, -0.2) is 21.6 Å². The van der Waals surface area contributed by atoms with Gasteiger partial charge in [-0.05, 0) is 55.9 Å². The number of amides is 1. The first kappa shape index (κ1) is 18.4. The summed E-state index contributed by atoms with van der Waals surface area (Å²) in [5.74, 6) is 1.71. The molecule has 2 heterocycles. The Morgan fingerprint density at radius 2 is 2.27 bits per heavy atom. The summed E-state index contributed by atoms with van der Waals surface area (Å²) in [5, 5.41) is 13.0. The van der Waals surface area contributed by atoms with Gasteiger partial charge in [0, 0.05) is 23.6 Å². The third-order valence-corrected chi connectivity index (χ3v) is 5.44. The molecular formula is C20H22N4OS. The van der Waals surface area contributed by atoms with Crippen molar-refractivity contribution in [2.45, 2.75) is 44.6 Å². The lowest BCUT2D eigenvalue weighted by Gasteiger charge is -2.21. The molecule has 0 bridgehead atoms. The first-order valence-electron chi connectivity index (χ1n) is 8.84. The maximum atomic E-state index is 12.1. The Morgan fingerprint density at radius 1 is 1.42 bits per heavy atom. The Kier molecular flexibility index (Phi) is 5.89. The van der Waals surface area contributed by atoms with Crippen LogP contribution >= 0.6 is 11.8 Å². The van der Waals surface area contributed by atoms with Gasteiger partial charge in [0.25, 0.3) is 0 Å². The van der Waals surface area contributed by atoms with E-state index >= 15 is 0 Å². The highest BCUT2D eigenvalue weighted by atomic mass is 32.2. The van der Waals surface area contributed by atoms with E-state index in [1.807, 2.05) is 25.1 Å². The Balaban J connectivity index is 1.59. The number of carbonyl (C=O) groups is 1. The predicted octanol–water partition coefficient (Wildman–Crippen LogP) is 3.90. The van der Waals surface area contributed by atoms with Gasteiger partial charge in [-0.25, -0.2) is 9.97 Å². The number of thioether (sulfide) groups is 1. The zero-order valence-corrected chi connectivity index (χ0v) is 15.9. The summed E-state index contributed by atoms with van der Waals surface area (Å²) in [6.45, 7) is 4.12. The van der Waals surface area contributed by atoms with Gasteiger partial charge in [-0.15, -0.1) is 11.8 Å². The topological polar surface area (TPSA) is 78.7 Å². The molecule has 0 fully saturated rings. The highest BCUT2D eigenvalue weighted by Crippen LogP contribution is 2.29. The third kappa shape index (κ3) is 4.61. The predicted molar refractivity (Wildman–Crippen MR) is 103 cm³/mol. The number of carbonyl (C=O) groups excluding carboxylic acids is 1. The third-order valence-electron chi connectivity index (χ3n) is 4.44. The number of hydrogen-bond acceptors (Lipinski definition) is 5. The number of rotatable bonds is 5. The molecule has 2 aromatic rings. The van der Waals surface area contributed by atoms with Crippen molar-refractivity contribution < 1.29 is 4.79 Å². The van der Waals surface area contributed by atoms with Crippen LogP contribution in [0.2, 0.25) is 0 Å². The molecule has 1 amide bonds. The standard InChI is InChI=1S/C20H22N4OS/c1-13-6-7-17-15(10-13)11-16(12-21)20(23-17)26-9-8-19(25)24-18-5-3-4-14(2)22-18/h3-5,11,13H,6-10H2,1-2H3,(H,22,24,25). The summed E-state index contributed by atoms with van der Waals surface area (Å²) in [6, 6.07) is 9.76. The van der Waals surface area contributed by atoms with Crippen LogP contribution in [0.3, 0.4) is 0 Å². The van der Waals surface area contributed by atoms with Crippen molar-refractivity contribution in [3.8, 4) is 6.07 Å². The first-order chi connectivity index (χ1) is 12.5. The SMILES string of the molecule is Cc1cccc(NC(=O)CCSc2nc3c(cc2C#N)CC(C)CC3)n1. The van der Waals surface area contributed by atoms with E-state index in [0.717, 1.165) is 35.7 Å². The molecule has 3 rings (SSSR count). The number of hydrogen-bond donors (Lipinski definition) is 1. The monoisotopic (exact) mass is 366 g/mol. The van der Waals surface area contributed by atoms with Gasteiger partial charge in [-0.1, -0.05) is 13.0 Å². The molecule has 0 radical (unpaired) electrons. The lowest BCUT2D eigenvalue weighted by atomic mass is 9.87. The largest absolute Gasteiger partial charge is 0.311 e. The number of nitrogens with one attached hydrogen (secondary N) is 1. The van der Waals surface area contributed by atoms with Crippen molar-refractivity contribution in [2.75, 3.05) is 11.1 Å². The summed E-state index contributed by atoms with van der Waals surface area (Å²) < 4.78 is 0. The molecule has 134 valence electrons. The molecule has 0 spiro atoms. The molecule has 1 aliphatic rings. The highest BCUT2D eigenvalue weighted by Gasteiger charge is 2.19. The highest BCUT2D eigenvalue weighted by molar-refractivity contribution is 7.99. The molecule has 5 nitrogen and oxygen atoms in total. The van der Waals surface area contributed by atoms with E-state index in [2.05, 4.69) is 23.3 Å². The maximum Gasteiger partial charge on any atom is 0.226 e. The van der Waals surface area contributed by atoms with E-state index in [1.165, 1.54) is 17.3 Å². The van der Waals surface area contributed by atoms with Crippen molar-refractivity contribution in [1.82, 2.24) is 9.97 Å². The molecule has 1 aliphatic carbocycles. The van der Waals surface area contributed by atoms with Crippen LogP contribution in [0, 0.1) is 24.2 Å². The lowest BCUT2D eigenvalue weighted by Crippen LogP contribution is -2.15. The van der Waals surface area contributed by atoms with E-state index in [4.69, 9.17) is 4.98 Å². The van der Waals surface area contributed by atoms with Gasteiger partial charge >= 0.3 is 0 Å². The minimum absolute atomic E-state index is 0.0825. The molecule has 1 unspecified atom stereocenters. The Labute approximate surface area is 158 Å². The molecule has 0 aliphatic heterocycles. The lowest BCUT2D eigenvalue weighted by molar-refractivity contribution is -0.115. The van der Waals surface area contributed by atoms with Gasteiger partial charge in [-0.2, -0.15) is 5.26 Å². The summed E-state index contributed by atoms with van der Waals surface area (Å²) in [6.07, 6.45) is 3.45. The number of pyridine rings is 2. The molecule has 0 saturated heterocycles. The second-order valence-corrected chi connectivity index (χ2v) is 7.80. The number of aromatic nitrogens is 2. The van der Waals surface area contributed by atoms with Crippen LogP contribution in [-0.2, 0) is 17.6 Å². The van der Waals surface area contributed by atoms with E-state index in [-0.39, 0.29) is 5.91 Å². The van der Waals surface area contributed by atoms with Crippen LogP contribution < -0.4 is 5.32 Å². The maximum absolute atomic E-state index is 12.1. The normalized spacial score (nSPS) is 15.8. The fourth-order valence-electron chi connectivity index (χ4n) is 3.08. The van der Waals surface area contributed by atoms with Crippen LogP contribution in [0.1, 0.15) is 42.3 Å². The second kappa shape index (κ2) is 8.33. The summed E-state index contributed by atoms with van der Waals surface area (Å²) in [5.41, 5.74) is 3.79. The van der Waals surface area contributed by atoms with E-state index in [0.29, 0.717) is 29.5 Å². The van der Waals surface area contributed by atoms with Gasteiger partial charge in [0.1, 0.15) is 16.9 Å². The van der Waals surface area contributed by atoms with E-state index in [1.54, 1.807) is 6.07 Å². The van der Waals surface area contributed by atoms with Crippen molar-refractivity contribution >= 4 is 23.5 Å². The number of nitrogens with zero attached hydrogens (tertiary/aromatic N) is 3. The molecule has 0 saturated carbocycles. The van der Waals surface area contributed by atoms with Gasteiger partial charge in [-0.3, -0.25) is 4.79 Å². The van der Waals surface area contributed by atoms with Crippen LogP contribution in [0.25, 0.3) is 0 Å². The molecule has 0 aromatic carbocycles. The Morgan fingerprint density at radius 3 is 3.04 bits per heavy atom. The number of fused-ring (bicyclic) bond motifs is 1. The zero-order chi connectivity index (χ0) is 18.5. The van der Waals surface area contributed by atoms with Gasteiger partial charge in [0.05, 0.1) is 5.56 Å². The van der Waals surface area contributed by atoms with Crippen molar-refractivity contribution in [3.63, 3.8) is 0 Å².